The average molecular weight is 170 g/mol. The Kier molecular flexibility index (Phi) is 3.53. The normalized spacial score (nSPS) is 21.1. The Bertz CT molecular complexity index is 153. The van der Waals surface area contributed by atoms with Gasteiger partial charge in [0.05, 0.1) is 0 Å². The van der Waals surface area contributed by atoms with Crippen molar-refractivity contribution in [3.05, 3.63) is 0 Å². The second-order valence-corrected chi connectivity index (χ2v) is 3.71. The van der Waals surface area contributed by atoms with Gasteiger partial charge in [-0.25, -0.2) is 0 Å². The van der Waals surface area contributed by atoms with Crippen LogP contribution in [0.1, 0.15) is 38.5 Å². The molecule has 12 heavy (non-hydrogen) atoms. The van der Waals surface area contributed by atoms with Crippen molar-refractivity contribution in [3.63, 3.8) is 0 Å². The number of hydrogen-bond donors (Lipinski definition) is 2. The lowest BCUT2D eigenvalue weighted by Crippen LogP contribution is -2.29. The Morgan fingerprint density at radius 2 is 2.00 bits per heavy atom. The van der Waals surface area contributed by atoms with Gasteiger partial charge >= 0.3 is 0 Å². The summed E-state index contributed by atoms with van der Waals surface area (Å²) in [6.45, 7) is 0. The van der Waals surface area contributed by atoms with Gasteiger partial charge in [0.2, 0.25) is 5.91 Å². The van der Waals surface area contributed by atoms with Crippen LogP contribution in [0.4, 0.5) is 0 Å². The Morgan fingerprint density at radius 3 is 2.50 bits per heavy atom. The van der Waals surface area contributed by atoms with Crippen molar-refractivity contribution in [1.82, 2.24) is 0 Å². The van der Waals surface area contributed by atoms with Crippen molar-refractivity contribution in [2.24, 2.45) is 17.4 Å². The number of hydrogen-bond acceptors (Lipinski definition) is 2. The second kappa shape index (κ2) is 4.45. The molecular weight excluding hydrogens is 152 g/mol. The Morgan fingerprint density at radius 1 is 1.42 bits per heavy atom. The van der Waals surface area contributed by atoms with E-state index in [4.69, 9.17) is 11.5 Å². The van der Waals surface area contributed by atoms with Crippen molar-refractivity contribution >= 4 is 5.91 Å². The molecule has 0 aromatic rings. The third kappa shape index (κ3) is 2.81. The van der Waals surface area contributed by atoms with Crippen LogP contribution in [0.5, 0.6) is 0 Å². The van der Waals surface area contributed by atoms with E-state index in [9.17, 15) is 4.79 Å². The van der Waals surface area contributed by atoms with Gasteiger partial charge in [0.25, 0.3) is 0 Å². The van der Waals surface area contributed by atoms with Gasteiger partial charge in [0.15, 0.2) is 0 Å². The molecule has 0 heterocycles. The molecule has 0 spiro atoms. The summed E-state index contributed by atoms with van der Waals surface area (Å²) >= 11 is 0. The topological polar surface area (TPSA) is 69.1 Å². The molecule has 1 fully saturated rings. The van der Waals surface area contributed by atoms with E-state index in [1.165, 1.54) is 25.7 Å². The summed E-state index contributed by atoms with van der Waals surface area (Å²) in [5, 5.41) is 0. The zero-order chi connectivity index (χ0) is 8.97. The molecule has 0 aromatic heterocycles. The van der Waals surface area contributed by atoms with E-state index in [1.807, 2.05) is 0 Å². The molecule has 4 N–H and O–H groups in total. The molecule has 1 aliphatic rings. The molecule has 70 valence electrons. The summed E-state index contributed by atoms with van der Waals surface area (Å²) in [4.78, 5) is 10.5. The number of nitrogens with two attached hydrogens (primary N) is 2. The third-order valence-corrected chi connectivity index (χ3v) is 2.73. The summed E-state index contributed by atoms with van der Waals surface area (Å²) < 4.78 is 0. The smallest absolute Gasteiger partial charge is 0.217 e. The largest absolute Gasteiger partial charge is 0.370 e. The molecule has 0 aliphatic heterocycles. The third-order valence-electron chi connectivity index (χ3n) is 2.73. The van der Waals surface area contributed by atoms with Crippen molar-refractivity contribution in [1.29, 1.82) is 0 Å². The first-order valence-corrected chi connectivity index (χ1v) is 4.74. The summed E-state index contributed by atoms with van der Waals surface area (Å²) in [5.41, 5.74) is 11.0. The Hall–Kier alpha value is -0.570. The van der Waals surface area contributed by atoms with Crippen LogP contribution in [-0.4, -0.2) is 11.9 Å². The lowest BCUT2D eigenvalue weighted by Gasteiger charge is -2.17. The summed E-state index contributed by atoms with van der Waals surface area (Å²) in [5.74, 6) is 0.410. The lowest BCUT2D eigenvalue weighted by molar-refractivity contribution is -0.118. The van der Waals surface area contributed by atoms with E-state index in [2.05, 4.69) is 0 Å². The molecule has 1 rings (SSSR count). The van der Waals surface area contributed by atoms with E-state index in [1.54, 1.807) is 0 Å². The molecule has 1 atom stereocenters. The van der Waals surface area contributed by atoms with Crippen molar-refractivity contribution in [2.75, 3.05) is 0 Å². The summed E-state index contributed by atoms with van der Waals surface area (Å²) in [6.07, 6.45) is 6.28. The van der Waals surface area contributed by atoms with Crippen molar-refractivity contribution < 1.29 is 4.79 Å². The van der Waals surface area contributed by atoms with Gasteiger partial charge in [-0.3, -0.25) is 4.79 Å². The molecule has 1 unspecified atom stereocenters. The van der Waals surface area contributed by atoms with Gasteiger partial charge in [-0.1, -0.05) is 12.8 Å². The number of primary amides is 1. The molecular formula is C9H18N2O. The lowest BCUT2D eigenvalue weighted by atomic mass is 9.95. The van der Waals surface area contributed by atoms with Gasteiger partial charge < -0.3 is 11.5 Å². The standard InChI is InChI=1S/C9H18N2O/c10-8(5-6-9(11)12)7-3-1-2-4-7/h7-8H,1-6,10H2,(H2,11,12). The first-order valence-electron chi connectivity index (χ1n) is 4.74. The maximum Gasteiger partial charge on any atom is 0.217 e. The van der Waals surface area contributed by atoms with Crippen LogP contribution in [0.25, 0.3) is 0 Å². The second-order valence-electron chi connectivity index (χ2n) is 3.71. The van der Waals surface area contributed by atoms with E-state index in [0.717, 1.165) is 6.42 Å². The highest BCUT2D eigenvalue weighted by atomic mass is 16.1. The molecule has 1 amide bonds. The van der Waals surface area contributed by atoms with Crippen LogP contribution in [0.3, 0.4) is 0 Å². The van der Waals surface area contributed by atoms with E-state index in [-0.39, 0.29) is 11.9 Å². The van der Waals surface area contributed by atoms with Gasteiger partial charge in [0.1, 0.15) is 0 Å². The first-order chi connectivity index (χ1) is 5.70. The predicted molar refractivity (Wildman–Crippen MR) is 48.4 cm³/mol. The fourth-order valence-corrected chi connectivity index (χ4v) is 1.93. The molecule has 0 radical (unpaired) electrons. The summed E-state index contributed by atoms with van der Waals surface area (Å²) in [6, 6.07) is 0.194. The Labute approximate surface area is 73.5 Å². The summed E-state index contributed by atoms with van der Waals surface area (Å²) in [7, 11) is 0. The first kappa shape index (κ1) is 9.52. The SMILES string of the molecule is NC(=O)CCC(N)C1CCCC1. The predicted octanol–water partition coefficient (Wildman–Crippen LogP) is 0.769. The van der Waals surface area contributed by atoms with Crippen LogP contribution in [-0.2, 0) is 4.79 Å². The Balaban J connectivity index is 2.17. The fourth-order valence-electron chi connectivity index (χ4n) is 1.93. The molecule has 1 aliphatic carbocycles. The molecule has 3 nitrogen and oxygen atoms in total. The highest BCUT2D eigenvalue weighted by Gasteiger charge is 2.21. The molecule has 0 saturated heterocycles. The molecule has 0 aromatic carbocycles. The maximum atomic E-state index is 10.5. The van der Waals surface area contributed by atoms with Crippen LogP contribution >= 0.6 is 0 Å². The number of rotatable bonds is 4. The van der Waals surface area contributed by atoms with Crippen LogP contribution in [0.2, 0.25) is 0 Å². The zero-order valence-corrected chi connectivity index (χ0v) is 7.46. The highest BCUT2D eigenvalue weighted by Crippen LogP contribution is 2.28. The quantitative estimate of drug-likeness (QED) is 0.654. The van der Waals surface area contributed by atoms with Crippen LogP contribution in [0, 0.1) is 5.92 Å². The van der Waals surface area contributed by atoms with Gasteiger partial charge in [0, 0.05) is 12.5 Å². The van der Waals surface area contributed by atoms with Crippen molar-refractivity contribution in [2.45, 2.75) is 44.6 Å². The zero-order valence-electron chi connectivity index (χ0n) is 7.46. The van der Waals surface area contributed by atoms with Gasteiger partial charge in [-0.2, -0.15) is 0 Å². The van der Waals surface area contributed by atoms with Gasteiger partial charge in [-0.15, -0.1) is 0 Å². The minimum absolute atomic E-state index is 0.194. The molecule has 1 saturated carbocycles. The van der Waals surface area contributed by atoms with Crippen LogP contribution < -0.4 is 11.5 Å². The molecule has 3 heteroatoms. The highest BCUT2D eigenvalue weighted by molar-refractivity contribution is 5.73. The van der Waals surface area contributed by atoms with Gasteiger partial charge in [-0.05, 0) is 25.2 Å². The number of carbonyl (C=O) groups excluding carboxylic acids is 1. The fraction of sp³-hybridized carbons (Fsp3) is 0.889. The maximum absolute atomic E-state index is 10.5. The molecule has 0 bridgehead atoms. The number of carbonyl (C=O) groups is 1. The monoisotopic (exact) mass is 170 g/mol. The number of amides is 1. The van der Waals surface area contributed by atoms with E-state index >= 15 is 0 Å². The van der Waals surface area contributed by atoms with Crippen LogP contribution in [0.15, 0.2) is 0 Å². The minimum atomic E-state index is -0.233. The minimum Gasteiger partial charge on any atom is -0.370 e. The van der Waals surface area contributed by atoms with E-state index in [0.29, 0.717) is 12.3 Å². The average Bonchev–Trinajstić information content (AvgIpc) is 2.51. The van der Waals surface area contributed by atoms with Crippen molar-refractivity contribution in [3.8, 4) is 0 Å². The van der Waals surface area contributed by atoms with E-state index < -0.39 is 0 Å².